The van der Waals surface area contributed by atoms with E-state index in [1.165, 1.54) is 6.92 Å². The van der Waals surface area contributed by atoms with Crippen molar-refractivity contribution in [1.82, 2.24) is 15.1 Å². The lowest BCUT2D eigenvalue weighted by molar-refractivity contribution is -0.141. The number of hydrogen-bond donors (Lipinski definition) is 1. The van der Waals surface area contributed by atoms with E-state index in [1.807, 2.05) is 0 Å². The molecular formula is C11H15ClF3N3O. The summed E-state index contributed by atoms with van der Waals surface area (Å²) in [6.45, 7) is 5.09. The van der Waals surface area contributed by atoms with Crippen molar-refractivity contribution < 1.29 is 18.0 Å². The monoisotopic (exact) mass is 297 g/mol. The first-order valence-corrected chi connectivity index (χ1v) is 6.10. The molecule has 1 rings (SSSR count). The molecule has 0 saturated carbocycles. The van der Waals surface area contributed by atoms with Gasteiger partial charge in [-0.3, -0.25) is 9.48 Å². The van der Waals surface area contributed by atoms with Gasteiger partial charge in [0.25, 0.3) is 0 Å². The van der Waals surface area contributed by atoms with Crippen LogP contribution in [0.3, 0.4) is 0 Å². The van der Waals surface area contributed by atoms with E-state index in [9.17, 15) is 18.0 Å². The standard InChI is InChI=1S/C11H15ClF3N3O/c1-6(2)16-8(19)4-5-18-7(3)9(12)10(17-18)11(13,14)15/h6H,4-5H2,1-3H3,(H,16,19). The second-order valence-corrected chi connectivity index (χ2v) is 4.82. The number of rotatable bonds is 4. The minimum atomic E-state index is -4.59. The number of aromatic nitrogens is 2. The maximum atomic E-state index is 12.6. The topological polar surface area (TPSA) is 46.9 Å². The Hall–Kier alpha value is -1.24. The van der Waals surface area contributed by atoms with Gasteiger partial charge in [0.05, 0.1) is 17.3 Å². The number of alkyl halides is 3. The van der Waals surface area contributed by atoms with E-state index in [4.69, 9.17) is 11.6 Å². The first-order valence-electron chi connectivity index (χ1n) is 5.72. The zero-order valence-corrected chi connectivity index (χ0v) is 11.6. The third kappa shape index (κ3) is 4.12. The predicted molar refractivity (Wildman–Crippen MR) is 64.9 cm³/mol. The van der Waals surface area contributed by atoms with Gasteiger partial charge in [0, 0.05) is 12.5 Å². The van der Waals surface area contributed by atoms with E-state index in [-0.39, 0.29) is 30.6 Å². The molecule has 0 unspecified atom stereocenters. The summed E-state index contributed by atoms with van der Waals surface area (Å²) in [5, 5.41) is 5.64. The number of nitrogens with zero attached hydrogens (tertiary/aromatic N) is 2. The van der Waals surface area contributed by atoms with Gasteiger partial charge in [-0.25, -0.2) is 0 Å². The number of carbonyl (C=O) groups is 1. The summed E-state index contributed by atoms with van der Waals surface area (Å²) in [7, 11) is 0. The lowest BCUT2D eigenvalue weighted by Gasteiger charge is -2.08. The summed E-state index contributed by atoms with van der Waals surface area (Å²) in [6, 6.07) is -0.0134. The summed E-state index contributed by atoms with van der Waals surface area (Å²) in [5.74, 6) is -0.241. The van der Waals surface area contributed by atoms with Crippen molar-refractivity contribution in [3.63, 3.8) is 0 Å². The summed E-state index contributed by atoms with van der Waals surface area (Å²) >= 11 is 5.59. The molecule has 0 fully saturated rings. The molecular weight excluding hydrogens is 283 g/mol. The van der Waals surface area contributed by atoms with Gasteiger partial charge >= 0.3 is 6.18 Å². The minimum absolute atomic E-state index is 0.0134. The highest BCUT2D eigenvalue weighted by molar-refractivity contribution is 6.31. The van der Waals surface area contributed by atoms with E-state index in [2.05, 4.69) is 10.4 Å². The highest BCUT2D eigenvalue weighted by atomic mass is 35.5. The van der Waals surface area contributed by atoms with Crippen molar-refractivity contribution in [3.8, 4) is 0 Å². The Balaban J connectivity index is 2.78. The molecule has 0 aromatic carbocycles. The molecule has 1 aromatic rings. The SMILES string of the molecule is Cc1c(Cl)c(C(F)(F)F)nn1CCC(=O)NC(C)C. The highest BCUT2D eigenvalue weighted by Gasteiger charge is 2.38. The van der Waals surface area contributed by atoms with Gasteiger partial charge in [-0.2, -0.15) is 18.3 Å². The number of nitrogens with one attached hydrogen (secondary N) is 1. The molecule has 1 aromatic heterocycles. The van der Waals surface area contributed by atoms with Crippen LogP contribution in [0.25, 0.3) is 0 Å². The lowest BCUT2D eigenvalue weighted by atomic mass is 10.3. The Morgan fingerprint density at radius 3 is 2.47 bits per heavy atom. The molecule has 0 saturated heterocycles. The van der Waals surface area contributed by atoms with E-state index in [0.717, 1.165) is 4.68 Å². The third-order valence-corrected chi connectivity index (χ3v) is 2.85. The molecule has 0 bridgehead atoms. The number of amides is 1. The van der Waals surface area contributed by atoms with Crippen molar-refractivity contribution in [2.45, 2.75) is 46.0 Å². The first kappa shape index (κ1) is 15.8. The second kappa shape index (κ2) is 5.81. The minimum Gasteiger partial charge on any atom is -0.354 e. The summed E-state index contributed by atoms with van der Waals surface area (Å²) in [5.41, 5.74) is -0.915. The molecule has 0 aliphatic carbocycles. The van der Waals surface area contributed by atoms with Crippen LogP contribution in [0.2, 0.25) is 5.02 Å². The second-order valence-electron chi connectivity index (χ2n) is 4.44. The van der Waals surface area contributed by atoms with E-state index in [0.29, 0.717) is 0 Å². The molecule has 0 aliphatic rings. The lowest BCUT2D eigenvalue weighted by Crippen LogP contribution is -2.30. The summed E-state index contributed by atoms with van der Waals surface area (Å²) in [6.07, 6.45) is -4.54. The zero-order valence-electron chi connectivity index (χ0n) is 10.8. The molecule has 4 nitrogen and oxygen atoms in total. The van der Waals surface area contributed by atoms with Crippen LogP contribution in [0.15, 0.2) is 0 Å². The quantitative estimate of drug-likeness (QED) is 0.929. The molecule has 1 amide bonds. The van der Waals surface area contributed by atoms with Gasteiger partial charge < -0.3 is 5.32 Å². The number of carbonyl (C=O) groups excluding carboxylic acids is 1. The average molecular weight is 298 g/mol. The smallest absolute Gasteiger partial charge is 0.354 e. The Labute approximate surface area is 113 Å². The van der Waals surface area contributed by atoms with Gasteiger partial charge in [0.15, 0.2) is 5.69 Å². The van der Waals surface area contributed by atoms with E-state index >= 15 is 0 Å². The van der Waals surface area contributed by atoms with Gasteiger partial charge in [-0.15, -0.1) is 0 Å². The largest absolute Gasteiger partial charge is 0.436 e. The van der Waals surface area contributed by atoms with Crippen molar-refractivity contribution in [2.24, 2.45) is 0 Å². The number of aryl methyl sites for hydroxylation is 1. The molecule has 108 valence electrons. The van der Waals surface area contributed by atoms with Gasteiger partial charge in [-0.1, -0.05) is 11.6 Å². The van der Waals surface area contributed by atoms with E-state index < -0.39 is 16.9 Å². The van der Waals surface area contributed by atoms with Crippen LogP contribution >= 0.6 is 11.6 Å². The Kier molecular flexibility index (Phi) is 4.84. The fourth-order valence-electron chi connectivity index (χ4n) is 1.52. The highest BCUT2D eigenvalue weighted by Crippen LogP contribution is 2.35. The van der Waals surface area contributed by atoms with E-state index in [1.54, 1.807) is 13.8 Å². The summed E-state index contributed by atoms with van der Waals surface area (Å²) in [4.78, 5) is 11.4. The number of halogens is 4. The maximum absolute atomic E-state index is 12.6. The molecule has 8 heteroatoms. The van der Waals surface area contributed by atoms with Crippen LogP contribution < -0.4 is 5.32 Å². The maximum Gasteiger partial charge on any atom is 0.436 e. The zero-order chi connectivity index (χ0) is 14.8. The van der Waals surface area contributed by atoms with Crippen molar-refractivity contribution >= 4 is 17.5 Å². The molecule has 19 heavy (non-hydrogen) atoms. The molecule has 1 N–H and O–H groups in total. The first-order chi connectivity index (χ1) is 8.62. The van der Waals surface area contributed by atoms with Crippen LogP contribution in [0.1, 0.15) is 31.7 Å². The van der Waals surface area contributed by atoms with Crippen molar-refractivity contribution in [3.05, 3.63) is 16.4 Å². The van der Waals surface area contributed by atoms with Crippen LogP contribution in [0, 0.1) is 6.92 Å². The third-order valence-electron chi connectivity index (χ3n) is 2.40. The molecule has 0 spiro atoms. The van der Waals surface area contributed by atoms with Gasteiger partial charge in [0.1, 0.15) is 0 Å². The van der Waals surface area contributed by atoms with Crippen molar-refractivity contribution in [1.29, 1.82) is 0 Å². The van der Waals surface area contributed by atoms with Crippen LogP contribution in [0.5, 0.6) is 0 Å². The Morgan fingerprint density at radius 1 is 1.47 bits per heavy atom. The molecule has 1 heterocycles. The molecule has 0 atom stereocenters. The van der Waals surface area contributed by atoms with Crippen LogP contribution in [0.4, 0.5) is 13.2 Å². The fraction of sp³-hybridized carbons (Fsp3) is 0.636. The fourth-order valence-corrected chi connectivity index (χ4v) is 1.77. The predicted octanol–water partition coefficient (Wildman–Crippen LogP) is 2.78. The summed E-state index contributed by atoms with van der Waals surface area (Å²) < 4.78 is 38.8. The Bertz CT molecular complexity index is 468. The molecule has 0 radical (unpaired) electrons. The molecule has 0 aliphatic heterocycles. The van der Waals surface area contributed by atoms with Crippen LogP contribution in [-0.4, -0.2) is 21.7 Å². The average Bonchev–Trinajstić information content (AvgIpc) is 2.52. The normalized spacial score (nSPS) is 12.0. The van der Waals surface area contributed by atoms with Crippen molar-refractivity contribution in [2.75, 3.05) is 0 Å². The van der Waals surface area contributed by atoms with Crippen LogP contribution in [-0.2, 0) is 17.5 Å². The Morgan fingerprint density at radius 2 is 2.05 bits per heavy atom. The van der Waals surface area contributed by atoms with Gasteiger partial charge in [0.2, 0.25) is 5.91 Å². The number of hydrogen-bond acceptors (Lipinski definition) is 2. The van der Waals surface area contributed by atoms with Gasteiger partial charge in [-0.05, 0) is 20.8 Å².